The molecule has 0 unspecified atom stereocenters. The van der Waals surface area contributed by atoms with Crippen LogP contribution in [0.5, 0.6) is 0 Å². The van der Waals surface area contributed by atoms with Crippen LogP contribution in [0.3, 0.4) is 0 Å². The van der Waals surface area contributed by atoms with Crippen LogP contribution in [0.1, 0.15) is 33.0 Å². The highest BCUT2D eigenvalue weighted by molar-refractivity contribution is 7.15. The van der Waals surface area contributed by atoms with Crippen LogP contribution in [-0.4, -0.2) is 23.0 Å². The summed E-state index contributed by atoms with van der Waals surface area (Å²) in [5.41, 5.74) is 0.924. The third kappa shape index (κ3) is 3.17. The van der Waals surface area contributed by atoms with Gasteiger partial charge in [-0.2, -0.15) is 0 Å². The normalized spacial score (nSPS) is 15.1. The molecule has 90 valence electrons. The van der Waals surface area contributed by atoms with Crippen molar-refractivity contribution in [2.24, 2.45) is 0 Å². The van der Waals surface area contributed by atoms with Crippen molar-refractivity contribution in [3.05, 3.63) is 27.5 Å². The van der Waals surface area contributed by atoms with E-state index in [1.807, 2.05) is 6.92 Å². The Balaban J connectivity index is 2.11. The van der Waals surface area contributed by atoms with Gasteiger partial charge in [-0.05, 0) is 37.5 Å². The van der Waals surface area contributed by atoms with E-state index in [1.54, 1.807) is 6.07 Å². The van der Waals surface area contributed by atoms with Crippen molar-refractivity contribution in [2.45, 2.75) is 25.8 Å². The maximum atomic E-state index is 11.8. The number of carbonyl (C=O) groups excluding carboxylic acids is 1. The quantitative estimate of drug-likeness (QED) is 0.805. The predicted molar refractivity (Wildman–Crippen MR) is 66.2 cm³/mol. The van der Waals surface area contributed by atoms with E-state index in [4.69, 9.17) is 5.11 Å². The smallest absolute Gasteiger partial charge is 0.328 e. The highest BCUT2D eigenvalue weighted by atomic mass is 32.1. The SMILES string of the molecule is Cc1cc(C(=O)NC2CC2)sc1C=CC(=O)O. The van der Waals surface area contributed by atoms with Gasteiger partial charge in [-0.25, -0.2) is 4.79 Å². The summed E-state index contributed by atoms with van der Waals surface area (Å²) in [6.45, 7) is 1.87. The Morgan fingerprint density at radius 2 is 2.24 bits per heavy atom. The van der Waals surface area contributed by atoms with E-state index in [1.165, 1.54) is 17.4 Å². The minimum atomic E-state index is -0.984. The van der Waals surface area contributed by atoms with Gasteiger partial charge in [0, 0.05) is 17.0 Å². The number of carbonyl (C=O) groups is 2. The molecule has 1 amide bonds. The number of nitrogens with one attached hydrogen (secondary N) is 1. The average Bonchev–Trinajstić information content (AvgIpc) is 2.98. The van der Waals surface area contributed by atoms with Crippen molar-refractivity contribution in [1.29, 1.82) is 0 Å². The second-order valence-electron chi connectivity index (χ2n) is 4.08. The molecule has 0 atom stereocenters. The molecule has 0 bridgehead atoms. The van der Waals surface area contributed by atoms with Crippen LogP contribution in [0.4, 0.5) is 0 Å². The van der Waals surface area contributed by atoms with Crippen LogP contribution >= 0.6 is 11.3 Å². The van der Waals surface area contributed by atoms with Crippen LogP contribution in [0, 0.1) is 6.92 Å². The van der Waals surface area contributed by atoms with Crippen molar-refractivity contribution in [3.8, 4) is 0 Å². The molecule has 1 aromatic heterocycles. The number of carboxylic acid groups (broad SMARTS) is 1. The molecule has 1 saturated carbocycles. The second-order valence-corrected chi connectivity index (χ2v) is 5.16. The van der Waals surface area contributed by atoms with Crippen LogP contribution in [-0.2, 0) is 4.79 Å². The topological polar surface area (TPSA) is 66.4 Å². The number of hydrogen-bond donors (Lipinski definition) is 2. The van der Waals surface area contributed by atoms with Gasteiger partial charge in [0.05, 0.1) is 4.88 Å². The number of rotatable bonds is 4. The minimum absolute atomic E-state index is 0.0597. The van der Waals surface area contributed by atoms with Gasteiger partial charge in [-0.3, -0.25) is 4.79 Å². The van der Waals surface area contributed by atoms with Gasteiger partial charge in [0.1, 0.15) is 0 Å². The summed E-state index contributed by atoms with van der Waals surface area (Å²) in [4.78, 5) is 23.6. The zero-order valence-electron chi connectivity index (χ0n) is 9.40. The fraction of sp³-hybridized carbons (Fsp3) is 0.333. The highest BCUT2D eigenvalue weighted by Crippen LogP contribution is 2.25. The molecule has 2 N–H and O–H groups in total. The lowest BCUT2D eigenvalue weighted by atomic mass is 10.2. The molecular weight excluding hydrogens is 238 g/mol. The molecule has 5 heteroatoms. The fourth-order valence-corrected chi connectivity index (χ4v) is 2.38. The highest BCUT2D eigenvalue weighted by Gasteiger charge is 2.24. The van der Waals surface area contributed by atoms with Gasteiger partial charge in [-0.1, -0.05) is 0 Å². The van der Waals surface area contributed by atoms with E-state index in [-0.39, 0.29) is 5.91 Å². The maximum Gasteiger partial charge on any atom is 0.328 e. The molecule has 0 radical (unpaired) electrons. The first kappa shape index (κ1) is 11.9. The van der Waals surface area contributed by atoms with Crippen molar-refractivity contribution in [1.82, 2.24) is 5.32 Å². The molecule has 1 aliphatic rings. The van der Waals surface area contributed by atoms with Crippen LogP contribution in [0.25, 0.3) is 6.08 Å². The number of aliphatic carboxylic acids is 1. The minimum Gasteiger partial charge on any atom is -0.478 e. The van der Waals surface area contributed by atoms with E-state index in [0.717, 1.165) is 29.4 Å². The van der Waals surface area contributed by atoms with Crippen molar-refractivity contribution in [3.63, 3.8) is 0 Å². The Morgan fingerprint density at radius 1 is 1.53 bits per heavy atom. The lowest BCUT2D eigenvalue weighted by molar-refractivity contribution is -0.131. The molecule has 2 rings (SSSR count). The largest absolute Gasteiger partial charge is 0.478 e. The zero-order chi connectivity index (χ0) is 12.4. The molecule has 1 fully saturated rings. The fourth-order valence-electron chi connectivity index (χ4n) is 1.40. The first-order chi connectivity index (χ1) is 8.06. The Hall–Kier alpha value is -1.62. The van der Waals surface area contributed by atoms with Gasteiger partial charge in [0.2, 0.25) is 0 Å². The number of hydrogen-bond acceptors (Lipinski definition) is 3. The van der Waals surface area contributed by atoms with Crippen LogP contribution in [0.2, 0.25) is 0 Å². The number of aryl methyl sites for hydroxylation is 1. The summed E-state index contributed by atoms with van der Waals surface area (Å²) in [6, 6.07) is 2.13. The van der Waals surface area contributed by atoms with E-state index < -0.39 is 5.97 Å². The van der Waals surface area contributed by atoms with Gasteiger partial charge in [-0.15, -0.1) is 11.3 Å². The Morgan fingerprint density at radius 3 is 2.82 bits per heavy atom. The Labute approximate surface area is 103 Å². The first-order valence-electron chi connectivity index (χ1n) is 5.38. The molecule has 0 aliphatic heterocycles. The third-order valence-electron chi connectivity index (χ3n) is 2.47. The summed E-state index contributed by atoms with van der Waals surface area (Å²) in [7, 11) is 0. The second kappa shape index (κ2) is 4.71. The summed E-state index contributed by atoms with van der Waals surface area (Å²) in [6.07, 6.45) is 4.72. The average molecular weight is 251 g/mol. The van der Waals surface area contributed by atoms with E-state index in [9.17, 15) is 9.59 Å². The molecule has 0 spiro atoms. The number of carboxylic acids is 1. The predicted octanol–water partition coefficient (Wildman–Crippen LogP) is 2.05. The Bertz CT molecular complexity index is 486. The molecule has 17 heavy (non-hydrogen) atoms. The first-order valence-corrected chi connectivity index (χ1v) is 6.20. The van der Waals surface area contributed by atoms with Crippen molar-refractivity contribution >= 4 is 29.3 Å². The molecular formula is C12H13NO3S. The van der Waals surface area contributed by atoms with Crippen LogP contribution in [0.15, 0.2) is 12.1 Å². The van der Waals surface area contributed by atoms with Gasteiger partial charge in [0.15, 0.2) is 0 Å². The summed E-state index contributed by atoms with van der Waals surface area (Å²) in [5, 5.41) is 11.5. The van der Waals surface area contributed by atoms with E-state index in [0.29, 0.717) is 10.9 Å². The maximum absolute atomic E-state index is 11.8. The molecule has 1 heterocycles. The third-order valence-corrected chi connectivity index (χ3v) is 3.67. The summed E-state index contributed by atoms with van der Waals surface area (Å²) < 4.78 is 0. The molecule has 1 aromatic rings. The number of thiophene rings is 1. The van der Waals surface area contributed by atoms with Gasteiger partial charge >= 0.3 is 5.97 Å². The van der Waals surface area contributed by atoms with Crippen LogP contribution < -0.4 is 5.32 Å². The molecule has 0 aromatic carbocycles. The molecule has 4 nitrogen and oxygen atoms in total. The lowest BCUT2D eigenvalue weighted by Crippen LogP contribution is -2.24. The van der Waals surface area contributed by atoms with Gasteiger partial charge in [0.25, 0.3) is 5.91 Å². The monoisotopic (exact) mass is 251 g/mol. The van der Waals surface area contributed by atoms with E-state index in [2.05, 4.69) is 5.32 Å². The van der Waals surface area contributed by atoms with E-state index >= 15 is 0 Å². The molecule has 1 aliphatic carbocycles. The van der Waals surface area contributed by atoms with Crippen molar-refractivity contribution in [2.75, 3.05) is 0 Å². The standard InChI is InChI=1S/C12H13NO3S/c1-7-6-10(12(16)13-8-2-3-8)17-9(7)4-5-11(14)15/h4-6,8H,2-3H2,1H3,(H,13,16)(H,14,15). The number of amides is 1. The van der Waals surface area contributed by atoms with Crippen molar-refractivity contribution < 1.29 is 14.7 Å². The lowest BCUT2D eigenvalue weighted by Gasteiger charge is -1.98. The Kier molecular flexibility index (Phi) is 3.28. The zero-order valence-corrected chi connectivity index (χ0v) is 10.2. The molecule has 0 saturated heterocycles. The summed E-state index contributed by atoms with van der Waals surface area (Å²) >= 11 is 1.32. The van der Waals surface area contributed by atoms with Gasteiger partial charge < -0.3 is 10.4 Å². The summed E-state index contributed by atoms with van der Waals surface area (Å²) in [5.74, 6) is -1.04.